The normalized spacial score (nSPS) is 15.2. The minimum Gasteiger partial charge on any atom is -0.379 e. The number of rotatable bonds is 5. The van der Waals surface area contributed by atoms with Crippen LogP contribution in [0.1, 0.15) is 5.56 Å². The van der Waals surface area contributed by atoms with Crippen molar-refractivity contribution >= 4 is 23.0 Å². The number of nitrogens with one attached hydrogen (secondary N) is 1. The summed E-state index contributed by atoms with van der Waals surface area (Å²) in [4.78, 5) is 20.4. The number of nitro groups is 1. The number of anilines is 3. The summed E-state index contributed by atoms with van der Waals surface area (Å²) in [5, 5.41) is 14.0. The van der Waals surface area contributed by atoms with Crippen LogP contribution in [0.15, 0.2) is 30.6 Å². The Morgan fingerprint density at radius 1 is 1.25 bits per heavy atom. The molecule has 0 unspecified atom stereocenters. The van der Waals surface area contributed by atoms with E-state index in [2.05, 4.69) is 20.2 Å². The molecule has 1 fully saturated rings. The van der Waals surface area contributed by atoms with Crippen LogP contribution >= 0.6 is 0 Å². The lowest BCUT2D eigenvalue weighted by atomic mass is 10.2. The molecule has 1 aromatic carbocycles. The number of benzene rings is 1. The van der Waals surface area contributed by atoms with E-state index >= 15 is 0 Å². The van der Waals surface area contributed by atoms with E-state index in [-0.39, 0.29) is 17.3 Å². The molecule has 1 aromatic heterocycles. The molecule has 0 amide bonds. The summed E-state index contributed by atoms with van der Waals surface area (Å²) in [5.74, 6) is -0.0881. The largest absolute Gasteiger partial charge is 0.379 e. The van der Waals surface area contributed by atoms with Gasteiger partial charge in [0.1, 0.15) is 6.33 Å². The fourth-order valence-corrected chi connectivity index (χ4v) is 2.51. The van der Waals surface area contributed by atoms with E-state index < -0.39 is 4.92 Å². The van der Waals surface area contributed by atoms with E-state index in [9.17, 15) is 10.1 Å². The first kappa shape index (κ1) is 16.1. The first-order valence-corrected chi connectivity index (χ1v) is 7.54. The van der Waals surface area contributed by atoms with Crippen LogP contribution in [0, 0.1) is 10.1 Å². The van der Waals surface area contributed by atoms with Gasteiger partial charge in [-0.2, -0.15) is 0 Å². The fraction of sp³-hybridized carbons (Fsp3) is 0.333. The van der Waals surface area contributed by atoms with Crippen molar-refractivity contribution in [2.24, 2.45) is 0 Å². The van der Waals surface area contributed by atoms with Crippen LogP contribution in [0.2, 0.25) is 0 Å². The van der Waals surface area contributed by atoms with Gasteiger partial charge >= 0.3 is 5.69 Å². The summed E-state index contributed by atoms with van der Waals surface area (Å²) in [6.45, 7) is 4.22. The van der Waals surface area contributed by atoms with E-state index in [0.29, 0.717) is 5.69 Å². The molecule has 0 saturated carbocycles. The van der Waals surface area contributed by atoms with Crippen molar-refractivity contribution in [3.8, 4) is 0 Å². The third-order valence-corrected chi connectivity index (χ3v) is 3.76. The number of hydrogen-bond acceptors (Lipinski definition) is 8. The molecule has 0 atom stereocenters. The van der Waals surface area contributed by atoms with Crippen molar-refractivity contribution in [3.63, 3.8) is 0 Å². The number of nitrogens with two attached hydrogens (primary N) is 1. The van der Waals surface area contributed by atoms with E-state index in [4.69, 9.17) is 10.5 Å². The Morgan fingerprint density at radius 3 is 2.62 bits per heavy atom. The molecule has 3 N–H and O–H groups in total. The molecule has 0 bridgehead atoms. The Hall–Kier alpha value is -2.78. The Kier molecular flexibility index (Phi) is 4.82. The van der Waals surface area contributed by atoms with Crippen LogP contribution in [-0.2, 0) is 11.3 Å². The monoisotopic (exact) mass is 330 g/mol. The smallest absolute Gasteiger partial charge is 0.353 e. The molecule has 24 heavy (non-hydrogen) atoms. The molecule has 126 valence electrons. The number of hydrogen-bond donors (Lipinski definition) is 2. The van der Waals surface area contributed by atoms with E-state index in [1.165, 1.54) is 11.9 Å². The van der Waals surface area contributed by atoms with Gasteiger partial charge in [0.15, 0.2) is 0 Å². The van der Waals surface area contributed by atoms with Crippen molar-refractivity contribution < 1.29 is 9.66 Å². The van der Waals surface area contributed by atoms with Crippen LogP contribution in [-0.4, -0.2) is 46.1 Å². The topological polar surface area (TPSA) is 119 Å². The quantitative estimate of drug-likeness (QED) is 0.626. The standard InChI is InChI=1S/C15H18N6O3/c16-14-13(21(22)23)15(18-10-17-14)19-12-3-1-11(2-4-12)9-20-5-7-24-8-6-20/h1-4,10H,5-9H2,(H3,16,17,18,19). The lowest BCUT2D eigenvalue weighted by Gasteiger charge is -2.26. The number of ether oxygens (including phenoxy) is 1. The molecule has 3 rings (SSSR count). The van der Waals surface area contributed by atoms with E-state index in [1.807, 2.05) is 24.3 Å². The van der Waals surface area contributed by atoms with Gasteiger partial charge in [0.05, 0.1) is 18.1 Å². The highest BCUT2D eigenvalue weighted by atomic mass is 16.6. The molecular weight excluding hydrogens is 312 g/mol. The Balaban J connectivity index is 1.70. The fourth-order valence-electron chi connectivity index (χ4n) is 2.51. The summed E-state index contributed by atoms with van der Waals surface area (Å²) in [5.41, 5.74) is 7.09. The average molecular weight is 330 g/mol. The Labute approximate surface area is 138 Å². The molecule has 9 heteroatoms. The summed E-state index contributed by atoms with van der Waals surface area (Å²) in [7, 11) is 0. The maximum Gasteiger partial charge on any atom is 0.353 e. The third-order valence-electron chi connectivity index (χ3n) is 3.76. The van der Waals surface area contributed by atoms with Crippen LogP contribution in [0.5, 0.6) is 0 Å². The van der Waals surface area contributed by atoms with Gasteiger partial charge in [0, 0.05) is 25.3 Å². The highest BCUT2D eigenvalue weighted by Gasteiger charge is 2.21. The molecule has 2 aromatic rings. The van der Waals surface area contributed by atoms with Crippen molar-refractivity contribution in [2.45, 2.75) is 6.54 Å². The van der Waals surface area contributed by atoms with Gasteiger partial charge in [-0.25, -0.2) is 9.97 Å². The van der Waals surface area contributed by atoms with Gasteiger partial charge in [0.2, 0.25) is 11.6 Å². The lowest BCUT2D eigenvalue weighted by molar-refractivity contribution is -0.383. The Bertz CT molecular complexity index is 716. The summed E-state index contributed by atoms with van der Waals surface area (Å²) >= 11 is 0. The minimum atomic E-state index is -0.593. The predicted octanol–water partition coefficient (Wildman–Crippen LogP) is 1.54. The van der Waals surface area contributed by atoms with Crippen LogP contribution in [0.3, 0.4) is 0 Å². The summed E-state index contributed by atoms with van der Waals surface area (Å²) in [6.07, 6.45) is 1.19. The van der Waals surface area contributed by atoms with Crippen molar-refractivity contribution in [1.82, 2.24) is 14.9 Å². The van der Waals surface area contributed by atoms with Gasteiger partial charge in [-0.05, 0) is 17.7 Å². The minimum absolute atomic E-state index is 0.0772. The number of morpholine rings is 1. The molecule has 1 aliphatic rings. The number of nitrogens with zero attached hydrogens (tertiary/aromatic N) is 4. The highest BCUT2D eigenvalue weighted by molar-refractivity contribution is 5.72. The first-order valence-electron chi connectivity index (χ1n) is 7.54. The van der Waals surface area contributed by atoms with Gasteiger partial charge < -0.3 is 15.8 Å². The third kappa shape index (κ3) is 3.76. The zero-order chi connectivity index (χ0) is 16.9. The second kappa shape index (κ2) is 7.20. The van der Waals surface area contributed by atoms with Gasteiger partial charge in [-0.3, -0.25) is 15.0 Å². The molecule has 0 aliphatic carbocycles. The summed E-state index contributed by atoms with van der Waals surface area (Å²) < 4.78 is 5.33. The van der Waals surface area contributed by atoms with E-state index in [1.54, 1.807) is 0 Å². The first-order chi connectivity index (χ1) is 11.6. The van der Waals surface area contributed by atoms with Gasteiger partial charge in [-0.1, -0.05) is 12.1 Å². The molecule has 1 aliphatic heterocycles. The van der Waals surface area contributed by atoms with Crippen LogP contribution in [0.4, 0.5) is 23.0 Å². The zero-order valence-corrected chi connectivity index (χ0v) is 13.0. The molecule has 1 saturated heterocycles. The zero-order valence-electron chi connectivity index (χ0n) is 13.0. The average Bonchev–Trinajstić information content (AvgIpc) is 2.57. The van der Waals surface area contributed by atoms with Crippen LogP contribution in [0.25, 0.3) is 0 Å². The molecule has 0 radical (unpaired) electrons. The van der Waals surface area contributed by atoms with E-state index in [0.717, 1.165) is 32.8 Å². The molecule has 0 spiro atoms. The second-order valence-corrected chi connectivity index (χ2v) is 5.42. The van der Waals surface area contributed by atoms with Crippen molar-refractivity contribution in [1.29, 1.82) is 0 Å². The lowest BCUT2D eigenvalue weighted by Crippen LogP contribution is -2.35. The van der Waals surface area contributed by atoms with Gasteiger partial charge in [-0.15, -0.1) is 0 Å². The molecular formula is C15H18N6O3. The number of nitrogen functional groups attached to an aromatic ring is 1. The van der Waals surface area contributed by atoms with Gasteiger partial charge in [0.25, 0.3) is 0 Å². The maximum atomic E-state index is 11.1. The summed E-state index contributed by atoms with van der Waals surface area (Å²) in [6, 6.07) is 7.68. The Morgan fingerprint density at radius 2 is 1.96 bits per heavy atom. The molecule has 9 nitrogen and oxygen atoms in total. The maximum absolute atomic E-state index is 11.1. The van der Waals surface area contributed by atoms with Crippen molar-refractivity contribution in [2.75, 3.05) is 37.4 Å². The second-order valence-electron chi connectivity index (χ2n) is 5.42. The SMILES string of the molecule is Nc1ncnc(Nc2ccc(CN3CCOCC3)cc2)c1[N+](=O)[O-]. The molecule has 2 heterocycles. The van der Waals surface area contributed by atoms with Crippen LogP contribution < -0.4 is 11.1 Å². The number of aromatic nitrogens is 2. The predicted molar refractivity (Wildman–Crippen MR) is 88.9 cm³/mol. The van der Waals surface area contributed by atoms with Crippen molar-refractivity contribution in [3.05, 3.63) is 46.3 Å². The highest BCUT2D eigenvalue weighted by Crippen LogP contribution is 2.29.